The molecule has 1 unspecified atom stereocenters. The second-order valence-corrected chi connectivity index (χ2v) is 7.54. The molecular formula is C22H23N3O2. The minimum absolute atomic E-state index is 0.00110. The van der Waals surface area contributed by atoms with Gasteiger partial charge in [0, 0.05) is 18.7 Å². The van der Waals surface area contributed by atoms with Gasteiger partial charge in [-0.2, -0.15) is 0 Å². The van der Waals surface area contributed by atoms with Crippen LogP contribution in [0.1, 0.15) is 59.2 Å². The molecule has 1 fully saturated rings. The van der Waals surface area contributed by atoms with Crippen LogP contribution in [0.15, 0.2) is 42.6 Å². The molecule has 3 aromatic rings. The predicted octanol–water partition coefficient (Wildman–Crippen LogP) is 3.98. The monoisotopic (exact) mass is 361 g/mol. The van der Waals surface area contributed by atoms with Gasteiger partial charge in [-0.15, -0.1) is 0 Å². The molecule has 2 aliphatic rings. The zero-order valence-electron chi connectivity index (χ0n) is 15.7. The Morgan fingerprint density at radius 3 is 2.85 bits per heavy atom. The summed E-state index contributed by atoms with van der Waals surface area (Å²) >= 11 is 0. The number of ether oxygens (including phenoxy) is 1. The maximum absolute atomic E-state index is 13.5. The van der Waals surface area contributed by atoms with Crippen molar-refractivity contribution in [2.24, 2.45) is 0 Å². The number of nitrogens with zero attached hydrogens (tertiary/aromatic N) is 3. The van der Waals surface area contributed by atoms with Crippen molar-refractivity contribution in [2.75, 3.05) is 13.7 Å². The third kappa shape index (κ3) is 2.60. The Balaban J connectivity index is 1.54. The topological polar surface area (TPSA) is 46.8 Å². The van der Waals surface area contributed by atoms with Crippen molar-refractivity contribution in [1.29, 1.82) is 0 Å². The quantitative estimate of drug-likeness (QED) is 0.709. The normalized spacial score (nSPS) is 19.2. The second-order valence-electron chi connectivity index (χ2n) is 7.54. The van der Waals surface area contributed by atoms with Crippen molar-refractivity contribution in [2.45, 2.75) is 38.1 Å². The molecule has 138 valence electrons. The average Bonchev–Trinajstić information content (AvgIpc) is 3.48. The van der Waals surface area contributed by atoms with Crippen molar-refractivity contribution in [1.82, 2.24) is 14.3 Å². The summed E-state index contributed by atoms with van der Waals surface area (Å²) in [6.07, 6.45) is 5.20. The number of benzene rings is 1. The molecule has 0 radical (unpaired) electrons. The molecule has 1 atom stereocenters. The lowest BCUT2D eigenvalue weighted by Gasteiger charge is -2.35. The van der Waals surface area contributed by atoms with E-state index < -0.39 is 0 Å². The molecule has 2 aromatic heterocycles. The summed E-state index contributed by atoms with van der Waals surface area (Å²) in [7, 11) is 1.68. The van der Waals surface area contributed by atoms with Gasteiger partial charge in [-0.1, -0.05) is 12.1 Å². The summed E-state index contributed by atoms with van der Waals surface area (Å²) in [5, 5.41) is 0. The minimum atomic E-state index is 0.00110. The van der Waals surface area contributed by atoms with Crippen LogP contribution in [0.5, 0.6) is 5.75 Å². The highest BCUT2D eigenvalue weighted by Crippen LogP contribution is 2.40. The SMILES string of the molecule is COc1ccc2c(c1)C(C)N(C(=O)c1nc(C3CC3)n3ccccc13)CC2. The lowest BCUT2D eigenvalue weighted by Crippen LogP contribution is -2.39. The van der Waals surface area contributed by atoms with Crippen LogP contribution < -0.4 is 4.74 Å². The molecule has 1 saturated carbocycles. The fourth-order valence-electron chi connectivity index (χ4n) is 4.18. The Hall–Kier alpha value is -2.82. The van der Waals surface area contributed by atoms with Crippen LogP contribution in [0.4, 0.5) is 0 Å². The number of pyridine rings is 1. The molecule has 5 heteroatoms. The highest BCUT2D eigenvalue weighted by atomic mass is 16.5. The third-order valence-electron chi connectivity index (χ3n) is 5.87. The van der Waals surface area contributed by atoms with Crippen LogP contribution in [0, 0.1) is 0 Å². The molecule has 0 bridgehead atoms. The Morgan fingerprint density at radius 2 is 2.07 bits per heavy atom. The van der Waals surface area contributed by atoms with E-state index in [4.69, 9.17) is 9.72 Å². The van der Waals surface area contributed by atoms with E-state index >= 15 is 0 Å². The van der Waals surface area contributed by atoms with E-state index in [0.717, 1.165) is 36.4 Å². The molecule has 1 amide bonds. The number of amides is 1. The Morgan fingerprint density at radius 1 is 1.22 bits per heavy atom. The van der Waals surface area contributed by atoms with Gasteiger partial charge in [-0.25, -0.2) is 4.98 Å². The molecule has 5 nitrogen and oxygen atoms in total. The maximum Gasteiger partial charge on any atom is 0.275 e. The van der Waals surface area contributed by atoms with E-state index in [1.54, 1.807) is 7.11 Å². The molecule has 1 aromatic carbocycles. The first-order valence-electron chi connectivity index (χ1n) is 9.62. The van der Waals surface area contributed by atoms with E-state index in [-0.39, 0.29) is 11.9 Å². The van der Waals surface area contributed by atoms with Crippen molar-refractivity contribution < 1.29 is 9.53 Å². The summed E-state index contributed by atoms with van der Waals surface area (Å²) in [4.78, 5) is 20.2. The smallest absolute Gasteiger partial charge is 0.275 e. The van der Waals surface area contributed by atoms with Crippen LogP contribution in [-0.4, -0.2) is 33.8 Å². The molecule has 5 rings (SSSR count). The summed E-state index contributed by atoms with van der Waals surface area (Å²) in [6, 6.07) is 12.1. The number of hydrogen-bond acceptors (Lipinski definition) is 3. The zero-order chi connectivity index (χ0) is 18.5. The highest BCUT2D eigenvalue weighted by molar-refractivity contribution is 5.99. The van der Waals surface area contributed by atoms with Crippen molar-refractivity contribution in [3.63, 3.8) is 0 Å². The average molecular weight is 361 g/mol. The van der Waals surface area contributed by atoms with Gasteiger partial charge >= 0.3 is 0 Å². The second kappa shape index (κ2) is 6.12. The zero-order valence-corrected chi connectivity index (χ0v) is 15.7. The fourth-order valence-corrected chi connectivity index (χ4v) is 4.18. The van der Waals surface area contributed by atoms with Gasteiger partial charge in [0.15, 0.2) is 5.69 Å². The number of imidazole rings is 1. The largest absolute Gasteiger partial charge is 0.497 e. The third-order valence-corrected chi connectivity index (χ3v) is 5.87. The van der Waals surface area contributed by atoms with Gasteiger partial charge in [0.25, 0.3) is 5.91 Å². The van der Waals surface area contributed by atoms with Gasteiger partial charge in [0.05, 0.1) is 18.7 Å². The number of fused-ring (bicyclic) bond motifs is 2. The van der Waals surface area contributed by atoms with Crippen LogP contribution in [0.25, 0.3) is 5.52 Å². The molecule has 0 N–H and O–H groups in total. The molecule has 27 heavy (non-hydrogen) atoms. The standard InChI is InChI=1S/C22H23N3O2/c1-14-18-13-17(27-2)9-8-15(18)10-12-24(14)22(26)20-19-5-3-4-11-25(19)21(23-20)16-6-7-16/h3-5,8-9,11,13-14,16H,6-7,10,12H2,1-2H3. The van der Waals surface area contributed by atoms with Gasteiger partial charge in [-0.05, 0) is 61.6 Å². The predicted molar refractivity (Wildman–Crippen MR) is 103 cm³/mol. The molecular weight excluding hydrogens is 338 g/mol. The van der Waals surface area contributed by atoms with E-state index in [0.29, 0.717) is 18.2 Å². The van der Waals surface area contributed by atoms with E-state index in [9.17, 15) is 4.79 Å². The summed E-state index contributed by atoms with van der Waals surface area (Å²) in [6.45, 7) is 2.80. The summed E-state index contributed by atoms with van der Waals surface area (Å²) < 4.78 is 7.48. The van der Waals surface area contributed by atoms with Crippen molar-refractivity contribution in [3.05, 3.63) is 65.2 Å². The molecule has 0 saturated heterocycles. The highest BCUT2D eigenvalue weighted by Gasteiger charge is 2.34. The van der Waals surface area contributed by atoms with E-state index in [2.05, 4.69) is 23.5 Å². The lowest BCUT2D eigenvalue weighted by molar-refractivity contribution is 0.0674. The molecule has 0 spiro atoms. The van der Waals surface area contributed by atoms with Gasteiger partial charge < -0.3 is 14.0 Å². The molecule has 1 aliphatic carbocycles. The molecule has 1 aliphatic heterocycles. The maximum atomic E-state index is 13.5. The van der Waals surface area contributed by atoms with Crippen molar-refractivity contribution in [3.8, 4) is 5.75 Å². The lowest BCUT2D eigenvalue weighted by atomic mass is 9.93. The van der Waals surface area contributed by atoms with Crippen LogP contribution >= 0.6 is 0 Å². The number of methoxy groups -OCH3 is 1. The number of carbonyl (C=O) groups excluding carboxylic acids is 1. The first-order valence-corrected chi connectivity index (χ1v) is 9.62. The van der Waals surface area contributed by atoms with Gasteiger partial charge in [-0.3, -0.25) is 4.79 Å². The number of hydrogen-bond donors (Lipinski definition) is 0. The van der Waals surface area contributed by atoms with E-state index in [1.165, 1.54) is 11.1 Å². The molecule has 3 heterocycles. The number of carbonyl (C=O) groups is 1. The van der Waals surface area contributed by atoms with Gasteiger partial charge in [0.1, 0.15) is 11.6 Å². The Bertz CT molecular complexity index is 1040. The van der Waals surface area contributed by atoms with Gasteiger partial charge in [0.2, 0.25) is 0 Å². The Labute approximate surface area is 158 Å². The summed E-state index contributed by atoms with van der Waals surface area (Å²) in [5.74, 6) is 2.37. The minimum Gasteiger partial charge on any atom is -0.497 e. The summed E-state index contributed by atoms with van der Waals surface area (Å²) in [5.41, 5.74) is 3.95. The fraction of sp³-hybridized carbons (Fsp3) is 0.364. The van der Waals surface area contributed by atoms with Crippen molar-refractivity contribution >= 4 is 11.4 Å². The van der Waals surface area contributed by atoms with E-state index in [1.807, 2.05) is 35.4 Å². The number of rotatable bonds is 3. The first-order chi connectivity index (χ1) is 13.2. The number of aromatic nitrogens is 2. The first kappa shape index (κ1) is 16.4. The van der Waals surface area contributed by atoms with Crippen LogP contribution in [0.3, 0.4) is 0 Å². The Kier molecular flexibility index (Phi) is 3.71. The van der Waals surface area contributed by atoms with Crippen LogP contribution in [-0.2, 0) is 6.42 Å². The van der Waals surface area contributed by atoms with Crippen LogP contribution in [0.2, 0.25) is 0 Å².